The predicted molar refractivity (Wildman–Crippen MR) is 135 cm³/mol. The van der Waals surface area contributed by atoms with E-state index in [1.807, 2.05) is 6.92 Å². The van der Waals surface area contributed by atoms with Crippen LogP contribution in [0.3, 0.4) is 0 Å². The van der Waals surface area contributed by atoms with Crippen molar-refractivity contribution in [3.05, 3.63) is 47.9 Å². The van der Waals surface area contributed by atoms with Gasteiger partial charge in [0.25, 0.3) is 5.91 Å². The number of hydrogen-bond donors (Lipinski definition) is 1. The molecule has 2 amide bonds. The molecule has 8 heteroatoms. The van der Waals surface area contributed by atoms with Gasteiger partial charge in [-0.1, -0.05) is 44.4 Å². The number of aliphatic hydroxyl groups excluding tert-OH is 1. The highest BCUT2D eigenvalue weighted by atomic mass is 19.1. The van der Waals surface area contributed by atoms with Gasteiger partial charge in [0.2, 0.25) is 11.8 Å². The average Bonchev–Trinajstić information content (AvgIpc) is 2.90. The molecule has 1 aliphatic carbocycles. The third-order valence-electron chi connectivity index (χ3n) is 7.49. The van der Waals surface area contributed by atoms with E-state index in [4.69, 9.17) is 4.74 Å². The number of carbonyl (C=O) groups excluding carboxylic acids is 2. The molecule has 1 aliphatic heterocycles. The number of fused-ring (bicyclic) bond motifs is 1. The van der Waals surface area contributed by atoms with Crippen LogP contribution in [-0.2, 0) is 4.79 Å². The Labute approximate surface area is 212 Å². The summed E-state index contributed by atoms with van der Waals surface area (Å²) in [5, 5.41) is 9.86. The number of hydrogen-bond acceptors (Lipinski definition) is 5. The van der Waals surface area contributed by atoms with Crippen molar-refractivity contribution in [2.45, 2.75) is 58.1 Å². The zero-order chi connectivity index (χ0) is 25.8. The molecule has 2 heterocycles. The van der Waals surface area contributed by atoms with Gasteiger partial charge < -0.3 is 19.6 Å². The van der Waals surface area contributed by atoms with E-state index in [-0.39, 0.29) is 41.7 Å². The highest BCUT2D eigenvalue weighted by molar-refractivity contribution is 5.98. The first-order chi connectivity index (χ1) is 17.3. The van der Waals surface area contributed by atoms with Gasteiger partial charge >= 0.3 is 0 Å². The van der Waals surface area contributed by atoms with Crippen LogP contribution in [0.1, 0.15) is 56.3 Å². The molecule has 0 saturated heterocycles. The van der Waals surface area contributed by atoms with Crippen molar-refractivity contribution in [2.75, 3.05) is 26.7 Å². The lowest BCUT2D eigenvalue weighted by atomic mass is 9.88. The average molecular weight is 498 g/mol. The van der Waals surface area contributed by atoms with Gasteiger partial charge in [0.05, 0.1) is 19.2 Å². The monoisotopic (exact) mass is 497 g/mol. The molecule has 1 N–H and O–H groups in total. The first-order valence-corrected chi connectivity index (χ1v) is 12.9. The summed E-state index contributed by atoms with van der Waals surface area (Å²) < 4.78 is 20.8. The van der Waals surface area contributed by atoms with E-state index in [1.54, 1.807) is 48.0 Å². The zero-order valence-corrected chi connectivity index (χ0v) is 21.3. The molecule has 0 radical (unpaired) electrons. The number of ether oxygens (including phenoxy) is 1. The lowest BCUT2D eigenvalue weighted by Gasteiger charge is -2.38. The summed E-state index contributed by atoms with van der Waals surface area (Å²) in [6, 6.07) is 7.51. The molecule has 36 heavy (non-hydrogen) atoms. The largest absolute Gasteiger partial charge is 0.472 e. The Morgan fingerprint density at radius 1 is 1.25 bits per heavy atom. The minimum Gasteiger partial charge on any atom is -0.472 e. The number of aromatic nitrogens is 1. The topological polar surface area (TPSA) is 83.0 Å². The molecule has 7 nitrogen and oxygen atoms in total. The van der Waals surface area contributed by atoms with Gasteiger partial charge in [0.15, 0.2) is 0 Å². The molecular formula is C28H36FN3O4. The van der Waals surface area contributed by atoms with Crippen LogP contribution < -0.4 is 4.74 Å². The molecule has 1 aromatic heterocycles. The first kappa shape index (κ1) is 26.1. The van der Waals surface area contributed by atoms with Gasteiger partial charge in [0.1, 0.15) is 17.5 Å². The standard InChI is InChI=1S/C28H36FN3O4/c1-18-15-32(19(2)17-33)28(35)23-13-21(22-11-7-8-12-24(22)29)14-30-26(23)36-25(18)16-31(3)27(34)20-9-5-4-6-10-20/h7-8,11-14,18-20,25,33H,4-6,9-10,15-17H2,1-3H3/t18-,19-,25+/m0/s1. The van der Waals surface area contributed by atoms with E-state index in [0.717, 1.165) is 25.7 Å². The molecule has 1 fully saturated rings. The van der Waals surface area contributed by atoms with Crippen LogP contribution in [0.15, 0.2) is 36.5 Å². The van der Waals surface area contributed by atoms with Crippen molar-refractivity contribution in [3.63, 3.8) is 0 Å². The minimum absolute atomic E-state index is 0.0498. The van der Waals surface area contributed by atoms with Crippen LogP contribution in [0.5, 0.6) is 5.88 Å². The van der Waals surface area contributed by atoms with Crippen molar-refractivity contribution >= 4 is 11.8 Å². The number of aliphatic hydroxyl groups is 1. The molecule has 2 aromatic rings. The fraction of sp³-hybridized carbons (Fsp3) is 0.536. The van der Waals surface area contributed by atoms with Gasteiger partial charge in [0, 0.05) is 42.8 Å². The molecule has 2 aliphatic rings. The number of carbonyl (C=O) groups is 2. The molecule has 0 spiro atoms. The van der Waals surface area contributed by atoms with Crippen LogP contribution in [0, 0.1) is 17.7 Å². The molecule has 3 atom stereocenters. The first-order valence-electron chi connectivity index (χ1n) is 12.9. The second kappa shape index (κ2) is 11.4. The van der Waals surface area contributed by atoms with Gasteiger partial charge in [-0.05, 0) is 31.9 Å². The summed E-state index contributed by atoms with van der Waals surface area (Å²) in [6.45, 7) is 4.28. The van der Waals surface area contributed by atoms with Crippen LogP contribution >= 0.6 is 0 Å². The highest BCUT2D eigenvalue weighted by Gasteiger charge is 2.35. The van der Waals surface area contributed by atoms with Crippen molar-refractivity contribution < 1.29 is 23.8 Å². The van der Waals surface area contributed by atoms with E-state index >= 15 is 0 Å². The van der Waals surface area contributed by atoms with E-state index < -0.39 is 18.0 Å². The number of halogens is 1. The summed E-state index contributed by atoms with van der Waals surface area (Å²) in [5.41, 5.74) is 1.02. The lowest BCUT2D eigenvalue weighted by molar-refractivity contribution is -0.136. The minimum atomic E-state index is -0.426. The maximum atomic E-state index is 14.5. The molecule has 1 aromatic carbocycles. The fourth-order valence-corrected chi connectivity index (χ4v) is 5.18. The quantitative estimate of drug-likeness (QED) is 0.649. The summed E-state index contributed by atoms with van der Waals surface area (Å²) >= 11 is 0. The highest BCUT2D eigenvalue weighted by Crippen LogP contribution is 2.32. The van der Waals surface area contributed by atoms with E-state index in [1.165, 1.54) is 18.7 Å². The number of likely N-dealkylation sites (N-methyl/N-ethyl adjacent to an activating group) is 1. The van der Waals surface area contributed by atoms with Crippen LogP contribution in [0.25, 0.3) is 11.1 Å². The Balaban J connectivity index is 1.66. The smallest absolute Gasteiger partial charge is 0.259 e. The Kier molecular flexibility index (Phi) is 8.24. The van der Waals surface area contributed by atoms with Crippen LogP contribution in [-0.4, -0.2) is 70.6 Å². The third kappa shape index (κ3) is 5.53. The maximum Gasteiger partial charge on any atom is 0.259 e. The molecule has 1 saturated carbocycles. The Bertz CT molecular complexity index is 1090. The normalized spacial score (nSPS) is 21.7. The Hall–Kier alpha value is -3.00. The third-order valence-corrected chi connectivity index (χ3v) is 7.49. The van der Waals surface area contributed by atoms with Crippen LogP contribution in [0.4, 0.5) is 4.39 Å². The van der Waals surface area contributed by atoms with Gasteiger partial charge in [-0.25, -0.2) is 9.37 Å². The molecule has 0 bridgehead atoms. The molecule has 0 unspecified atom stereocenters. The SMILES string of the molecule is C[C@H]1CN([C@@H](C)CO)C(=O)c2cc(-c3ccccc3F)cnc2O[C@@H]1CN(C)C(=O)C1CCCCC1. The zero-order valence-electron chi connectivity index (χ0n) is 21.3. The fourth-order valence-electron chi connectivity index (χ4n) is 5.18. The van der Waals surface area contributed by atoms with Gasteiger partial charge in [-0.15, -0.1) is 0 Å². The van der Waals surface area contributed by atoms with Gasteiger partial charge in [-0.3, -0.25) is 9.59 Å². The van der Waals surface area contributed by atoms with E-state index in [9.17, 15) is 19.1 Å². The maximum absolute atomic E-state index is 14.5. The van der Waals surface area contributed by atoms with E-state index in [0.29, 0.717) is 24.2 Å². The van der Waals surface area contributed by atoms with Crippen LogP contribution in [0.2, 0.25) is 0 Å². The van der Waals surface area contributed by atoms with E-state index in [2.05, 4.69) is 4.98 Å². The summed E-state index contributed by atoms with van der Waals surface area (Å²) in [5.74, 6) is -0.514. The summed E-state index contributed by atoms with van der Waals surface area (Å²) in [4.78, 5) is 34.5. The number of benzene rings is 1. The summed E-state index contributed by atoms with van der Waals surface area (Å²) in [6.07, 6.45) is 6.28. The second-order valence-electron chi connectivity index (χ2n) is 10.2. The number of pyridine rings is 1. The van der Waals surface area contributed by atoms with Crippen molar-refractivity contribution in [3.8, 4) is 17.0 Å². The summed E-state index contributed by atoms with van der Waals surface area (Å²) in [7, 11) is 1.81. The Morgan fingerprint density at radius 2 is 1.97 bits per heavy atom. The number of rotatable bonds is 6. The van der Waals surface area contributed by atoms with Crippen molar-refractivity contribution in [2.24, 2.45) is 11.8 Å². The molecule has 194 valence electrons. The predicted octanol–water partition coefficient (Wildman–Crippen LogP) is 4.15. The molecular weight excluding hydrogens is 461 g/mol. The molecule has 4 rings (SSSR count). The van der Waals surface area contributed by atoms with Crippen molar-refractivity contribution in [1.29, 1.82) is 0 Å². The number of amides is 2. The van der Waals surface area contributed by atoms with Crippen molar-refractivity contribution in [1.82, 2.24) is 14.8 Å². The second-order valence-corrected chi connectivity index (χ2v) is 10.2. The Morgan fingerprint density at radius 3 is 2.67 bits per heavy atom. The van der Waals surface area contributed by atoms with Gasteiger partial charge in [-0.2, -0.15) is 0 Å². The lowest BCUT2D eigenvalue weighted by Crippen LogP contribution is -2.51. The number of nitrogens with zero attached hydrogens (tertiary/aromatic N) is 3.